The van der Waals surface area contributed by atoms with Crippen molar-refractivity contribution in [2.75, 3.05) is 17.7 Å². The fourth-order valence-corrected chi connectivity index (χ4v) is 3.65. The summed E-state index contributed by atoms with van der Waals surface area (Å²) in [4.78, 5) is -0.363. The van der Waals surface area contributed by atoms with E-state index in [-0.39, 0.29) is 16.3 Å². The molecule has 0 saturated heterocycles. The number of hydrogen-bond acceptors (Lipinski definition) is 6. The molecule has 0 heterocycles. The van der Waals surface area contributed by atoms with Crippen molar-refractivity contribution in [2.24, 2.45) is 0 Å². The second kappa shape index (κ2) is 3.92. The van der Waals surface area contributed by atoms with Gasteiger partial charge in [0.15, 0.2) is 0 Å². The topological polar surface area (TPSA) is 132 Å². The van der Waals surface area contributed by atoms with Crippen LogP contribution < -0.4 is 15.6 Å². The number of sulfonamides is 2. The van der Waals surface area contributed by atoms with Crippen molar-refractivity contribution in [3.63, 3.8) is 0 Å². The highest BCUT2D eigenvalue weighted by molar-refractivity contribution is 8.04. The molecule has 9 heteroatoms. The maximum atomic E-state index is 11.6. The molecule has 0 spiro atoms. The Kier molecular flexibility index (Phi) is 3.13. The molecular weight excluding hydrogens is 254 g/mol. The Hall–Kier alpha value is -1.32. The van der Waals surface area contributed by atoms with E-state index in [1.54, 1.807) is 0 Å². The molecule has 0 saturated carbocycles. The minimum absolute atomic E-state index is 0.0784. The highest BCUT2D eigenvalue weighted by atomic mass is 32.3. The van der Waals surface area contributed by atoms with E-state index in [0.29, 0.717) is 0 Å². The average Bonchev–Trinajstić information content (AvgIpc) is 2.04. The van der Waals surface area contributed by atoms with Gasteiger partial charge < -0.3 is 11.5 Å². The average molecular weight is 265 g/mol. The van der Waals surface area contributed by atoms with Crippen molar-refractivity contribution < 1.29 is 16.8 Å². The summed E-state index contributed by atoms with van der Waals surface area (Å²) in [5.41, 5.74) is 10.9. The van der Waals surface area contributed by atoms with E-state index in [9.17, 15) is 16.8 Å². The largest absolute Gasteiger partial charge is 0.399 e. The highest BCUT2D eigenvalue weighted by Gasteiger charge is 2.21. The second-order valence-electron chi connectivity index (χ2n) is 3.16. The lowest BCUT2D eigenvalue weighted by Crippen LogP contribution is -2.30. The Morgan fingerprint density at radius 2 is 1.69 bits per heavy atom. The van der Waals surface area contributed by atoms with E-state index in [2.05, 4.69) is 0 Å². The van der Waals surface area contributed by atoms with E-state index in [1.807, 2.05) is 0 Å². The summed E-state index contributed by atoms with van der Waals surface area (Å²) < 4.78 is 46.4. The first-order valence-electron chi connectivity index (χ1n) is 4.00. The molecule has 1 rings (SSSR count). The molecule has 0 unspecified atom stereocenters. The molecule has 16 heavy (non-hydrogen) atoms. The lowest BCUT2D eigenvalue weighted by molar-refractivity contribution is 0.580. The summed E-state index contributed by atoms with van der Waals surface area (Å²) in [6.45, 7) is 0. The molecule has 90 valence electrons. The van der Waals surface area contributed by atoms with E-state index < -0.39 is 20.0 Å². The van der Waals surface area contributed by atoms with E-state index in [4.69, 9.17) is 11.5 Å². The van der Waals surface area contributed by atoms with Crippen LogP contribution in [0, 0.1) is 0 Å². The number of benzene rings is 1. The van der Waals surface area contributed by atoms with E-state index in [1.165, 1.54) is 16.3 Å². The van der Waals surface area contributed by atoms with Crippen LogP contribution in [0.2, 0.25) is 0 Å². The van der Waals surface area contributed by atoms with Crippen LogP contribution in [0.25, 0.3) is 0 Å². The van der Waals surface area contributed by atoms with Gasteiger partial charge in [0.1, 0.15) is 4.90 Å². The molecule has 0 fully saturated rings. The van der Waals surface area contributed by atoms with Crippen LogP contribution in [0.15, 0.2) is 23.1 Å². The Bertz CT molecular complexity index is 607. The Morgan fingerprint density at radius 3 is 2.19 bits per heavy atom. The molecule has 7 nitrogen and oxygen atoms in total. The third-order valence-electron chi connectivity index (χ3n) is 1.59. The third kappa shape index (κ3) is 3.08. The molecule has 0 amide bonds. The Balaban J connectivity index is 3.33. The molecule has 1 aromatic carbocycles. The maximum Gasteiger partial charge on any atom is 0.255 e. The first-order chi connectivity index (χ1) is 7.12. The summed E-state index contributed by atoms with van der Waals surface area (Å²) in [6, 6.07) is 3.78. The van der Waals surface area contributed by atoms with Crippen LogP contribution in [0.3, 0.4) is 0 Å². The molecule has 0 aromatic heterocycles. The fourth-order valence-electron chi connectivity index (χ4n) is 1.03. The van der Waals surface area contributed by atoms with Crippen LogP contribution in [0.5, 0.6) is 0 Å². The number of nitrogens with two attached hydrogens (primary N) is 2. The van der Waals surface area contributed by atoms with Crippen LogP contribution in [0.4, 0.5) is 11.4 Å². The van der Waals surface area contributed by atoms with E-state index >= 15 is 0 Å². The predicted molar refractivity (Wildman–Crippen MR) is 60.4 cm³/mol. The third-order valence-corrected chi connectivity index (χ3v) is 4.61. The van der Waals surface area contributed by atoms with Crippen LogP contribution in [-0.4, -0.2) is 23.1 Å². The summed E-state index contributed by atoms with van der Waals surface area (Å²) in [5, 5.41) is 0. The smallest absolute Gasteiger partial charge is 0.255 e. The molecule has 0 aliphatic carbocycles. The van der Waals surface area contributed by atoms with Gasteiger partial charge in [-0.25, -0.2) is 16.8 Å². The monoisotopic (exact) mass is 265 g/mol. The normalized spacial score (nSPS) is 12.6. The van der Waals surface area contributed by atoms with Gasteiger partial charge in [0.25, 0.3) is 10.0 Å². The van der Waals surface area contributed by atoms with E-state index in [0.717, 1.165) is 12.3 Å². The quantitative estimate of drug-likeness (QED) is 0.606. The van der Waals surface area contributed by atoms with Gasteiger partial charge in [0, 0.05) is 5.69 Å². The number of nitrogens with one attached hydrogen (secondary N) is 1. The lowest BCUT2D eigenvalue weighted by Gasteiger charge is -2.08. The van der Waals surface area contributed by atoms with Gasteiger partial charge in [-0.1, -0.05) is 0 Å². The van der Waals surface area contributed by atoms with Crippen LogP contribution in [0.1, 0.15) is 0 Å². The van der Waals surface area contributed by atoms with Crippen LogP contribution >= 0.6 is 0 Å². The highest BCUT2D eigenvalue weighted by Crippen LogP contribution is 2.20. The predicted octanol–water partition coefficient (Wildman–Crippen LogP) is -0.911. The molecule has 0 aliphatic heterocycles. The second-order valence-corrected chi connectivity index (χ2v) is 6.81. The molecular formula is C7H11N3O4S2. The molecule has 0 radical (unpaired) electrons. The maximum absolute atomic E-state index is 11.6. The summed E-state index contributed by atoms with van der Waals surface area (Å²) in [6.07, 6.45) is 0.729. The Labute approximate surface area is 93.5 Å². The summed E-state index contributed by atoms with van der Waals surface area (Å²) in [7, 11) is -8.11. The molecule has 0 atom stereocenters. The fraction of sp³-hybridized carbons (Fsp3) is 0.143. The van der Waals surface area contributed by atoms with Gasteiger partial charge in [-0.05, 0) is 18.2 Å². The number of rotatable bonds is 3. The van der Waals surface area contributed by atoms with Gasteiger partial charge in [0.2, 0.25) is 10.0 Å². The van der Waals surface area contributed by atoms with Crippen molar-refractivity contribution in [2.45, 2.75) is 4.90 Å². The summed E-state index contributed by atoms with van der Waals surface area (Å²) in [5.74, 6) is 0. The van der Waals surface area contributed by atoms with Crippen LogP contribution in [-0.2, 0) is 20.0 Å². The molecule has 0 bridgehead atoms. The van der Waals surface area contributed by atoms with Gasteiger partial charge in [-0.15, -0.1) is 4.13 Å². The van der Waals surface area contributed by atoms with Gasteiger partial charge in [-0.2, -0.15) is 0 Å². The number of hydrogen-bond donors (Lipinski definition) is 3. The zero-order chi connectivity index (χ0) is 12.6. The van der Waals surface area contributed by atoms with Crippen molar-refractivity contribution >= 4 is 31.4 Å². The first kappa shape index (κ1) is 12.7. The van der Waals surface area contributed by atoms with Crippen molar-refractivity contribution in [1.29, 1.82) is 0 Å². The summed E-state index contributed by atoms with van der Waals surface area (Å²) >= 11 is 0. The first-order valence-corrected chi connectivity index (χ1v) is 7.38. The molecule has 0 aliphatic rings. The SMILES string of the molecule is CS(=O)(=O)NS(=O)(=O)c1cc(N)ccc1N. The number of anilines is 2. The minimum Gasteiger partial charge on any atom is -0.399 e. The van der Waals surface area contributed by atoms with Crippen molar-refractivity contribution in [1.82, 2.24) is 4.13 Å². The molecule has 5 N–H and O–H groups in total. The van der Waals surface area contributed by atoms with Crippen molar-refractivity contribution in [3.8, 4) is 0 Å². The van der Waals surface area contributed by atoms with Gasteiger partial charge in [0.05, 0.1) is 11.9 Å². The zero-order valence-corrected chi connectivity index (χ0v) is 9.97. The lowest BCUT2D eigenvalue weighted by atomic mass is 10.3. The standard InChI is InChI=1S/C7H11N3O4S2/c1-15(11,12)10-16(13,14)7-4-5(8)2-3-6(7)9/h2-4,10H,8-9H2,1H3. The van der Waals surface area contributed by atoms with Crippen molar-refractivity contribution in [3.05, 3.63) is 18.2 Å². The van der Waals surface area contributed by atoms with Gasteiger partial charge >= 0.3 is 0 Å². The minimum atomic E-state index is -4.21. The Morgan fingerprint density at radius 1 is 1.12 bits per heavy atom. The zero-order valence-electron chi connectivity index (χ0n) is 8.34. The molecule has 1 aromatic rings. The van der Waals surface area contributed by atoms with Gasteiger partial charge in [-0.3, -0.25) is 0 Å². The number of nitrogen functional groups attached to an aromatic ring is 2.